The highest BCUT2D eigenvalue weighted by molar-refractivity contribution is 5.81. The predicted molar refractivity (Wildman–Crippen MR) is 261 cm³/mol. The number of nitrogens with two attached hydrogens (primary N) is 4. The van der Waals surface area contributed by atoms with E-state index in [4.69, 9.17) is 58.5 Å². The Hall–Kier alpha value is -5.83. The molecule has 2 aliphatic heterocycles. The van der Waals surface area contributed by atoms with Crippen molar-refractivity contribution in [3.63, 3.8) is 0 Å². The fourth-order valence-electron chi connectivity index (χ4n) is 8.09. The molecule has 0 bridgehead atoms. The number of carbonyl (C=O) groups is 3. The highest BCUT2D eigenvalue weighted by Gasteiger charge is 2.41. The summed E-state index contributed by atoms with van der Waals surface area (Å²) in [5.74, 6) is 1.19. The zero-order chi connectivity index (χ0) is 52.8. The number of alkyl halides is 3. The van der Waals surface area contributed by atoms with Crippen LogP contribution in [0.5, 0.6) is 0 Å². The van der Waals surface area contributed by atoms with Gasteiger partial charge in [0.05, 0.1) is 63.2 Å². The number of esters is 1. The molecular formula is C45H73F3N18O7. The van der Waals surface area contributed by atoms with Gasteiger partial charge in [0.25, 0.3) is 0 Å². The van der Waals surface area contributed by atoms with E-state index in [9.17, 15) is 27.6 Å². The minimum Gasteiger partial charge on any atom is -0.457 e. The maximum absolute atomic E-state index is 14.2. The molecule has 2 aliphatic rings. The predicted octanol–water partition coefficient (Wildman–Crippen LogP) is 0.339. The average Bonchev–Trinajstić information content (AvgIpc) is 4.08. The van der Waals surface area contributed by atoms with Crippen molar-refractivity contribution in [2.45, 2.75) is 89.1 Å². The molecule has 0 spiro atoms. The average molecular weight is 1040 g/mol. The summed E-state index contributed by atoms with van der Waals surface area (Å²) in [7, 11) is 0. The Bertz CT molecular complexity index is 2180. The number of piperazine rings is 2. The molecule has 0 radical (unpaired) electrons. The van der Waals surface area contributed by atoms with E-state index in [0.717, 1.165) is 19.3 Å². The smallest absolute Gasteiger partial charge is 0.457 e. The summed E-state index contributed by atoms with van der Waals surface area (Å²) >= 11 is 0. The maximum atomic E-state index is 14.2. The lowest BCUT2D eigenvalue weighted by Crippen LogP contribution is -2.52. The Morgan fingerprint density at radius 2 is 1.19 bits per heavy atom. The molecular weight excluding hydrogens is 962 g/mol. The van der Waals surface area contributed by atoms with Crippen LogP contribution in [0.2, 0.25) is 0 Å². The lowest BCUT2D eigenvalue weighted by molar-refractivity contribution is -0.200. The van der Waals surface area contributed by atoms with Crippen LogP contribution < -0.4 is 38.1 Å². The van der Waals surface area contributed by atoms with Gasteiger partial charge >= 0.3 is 12.1 Å². The Kier molecular flexibility index (Phi) is 23.7. The summed E-state index contributed by atoms with van der Waals surface area (Å²) in [6.45, 7) is 9.71. The van der Waals surface area contributed by atoms with Crippen LogP contribution in [-0.4, -0.2) is 197 Å². The number of anilines is 3. The molecule has 0 aromatic carbocycles. The van der Waals surface area contributed by atoms with Crippen molar-refractivity contribution in [3.8, 4) is 12.3 Å². The molecule has 28 heteroatoms. The van der Waals surface area contributed by atoms with E-state index in [1.54, 1.807) is 15.8 Å². The molecule has 2 fully saturated rings. The molecule has 2 amide bonds. The quantitative estimate of drug-likeness (QED) is 0.0330. The van der Waals surface area contributed by atoms with Crippen molar-refractivity contribution in [1.29, 1.82) is 0 Å². The molecule has 406 valence electrons. The molecule has 3 aromatic heterocycles. The second-order valence-electron chi connectivity index (χ2n) is 18.1. The number of amides is 2. The summed E-state index contributed by atoms with van der Waals surface area (Å²) < 4.78 is 61.9. The van der Waals surface area contributed by atoms with Gasteiger partial charge < -0.3 is 66.8 Å². The van der Waals surface area contributed by atoms with Crippen molar-refractivity contribution < 1.29 is 46.5 Å². The Morgan fingerprint density at radius 3 is 1.66 bits per heavy atom. The second kappa shape index (κ2) is 29.8. The number of rotatable bonds is 31. The molecule has 5 heterocycles. The van der Waals surface area contributed by atoms with Crippen LogP contribution >= 0.6 is 0 Å². The van der Waals surface area contributed by atoms with Crippen molar-refractivity contribution in [2.24, 2.45) is 28.9 Å². The van der Waals surface area contributed by atoms with E-state index >= 15 is 0 Å². The molecule has 0 aliphatic carbocycles. The van der Waals surface area contributed by atoms with E-state index in [2.05, 4.69) is 50.4 Å². The fourth-order valence-corrected chi connectivity index (χ4v) is 8.09. The van der Waals surface area contributed by atoms with E-state index in [1.165, 1.54) is 10.9 Å². The SMILES string of the molecule is C#CCOCCOCCOCCNc1nc(N2CCN(C(=O)[C@H](CCCCN)n3cc(C(N)COC(=O)C(F)(F)F)nn3)CC2)nc(N2CCN(C(=O)[C@H](CCCCN)n3cc(C(N)CC(C)C)nn3)CC2)n1. The summed E-state index contributed by atoms with van der Waals surface area (Å²) in [5.41, 5.74) is 24.7. The van der Waals surface area contributed by atoms with Crippen LogP contribution in [0.4, 0.5) is 31.0 Å². The molecule has 73 heavy (non-hydrogen) atoms. The summed E-state index contributed by atoms with van der Waals surface area (Å²) in [6, 6.07) is -2.90. The third-order valence-corrected chi connectivity index (χ3v) is 12.1. The van der Waals surface area contributed by atoms with Gasteiger partial charge in [0, 0.05) is 58.9 Å². The largest absolute Gasteiger partial charge is 0.490 e. The minimum atomic E-state index is -5.18. The number of unbranched alkanes of at least 4 members (excludes halogenated alkanes) is 2. The number of hydrogen-bond donors (Lipinski definition) is 5. The van der Waals surface area contributed by atoms with Crippen molar-refractivity contribution in [3.05, 3.63) is 23.8 Å². The van der Waals surface area contributed by atoms with Crippen LogP contribution in [0.3, 0.4) is 0 Å². The van der Waals surface area contributed by atoms with Crippen molar-refractivity contribution in [2.75, 3.05) is 133 Å². The highest BCUT2D eigenvalue weighted by atomic mass is 19.4. The van der Waals surface area contributed by atoms with Gasteiger partial charge in [-0.2, -0.15) is 28.1 Å². The number of aromatic nitrogens is 9. The van der Waals surface area contributed by atoms with Crippen LogP contribution in [0, 0.1) is 18.3 Å². The normalized spacial score (nSPS) is 16.1. The van der Waals surface area contributed by atoms with Gasteiger partial charge in [-0.05, 0) is 64.0 Å². The molecule has 4 atom stereocenters. The van der Waals surface area contributed by atoms with E-state index in [-0.39, 0.29) is 30.2 Å². The molecule has 9 N–H and O–H groups in total. The van der Waals surface area contributed by atoms with E-state index in [0.29, 0.717) is 160 Å². The minimum absolute atomic E-state index is 0.0457. The second-order valence-corrected chi connectivity index (χ2v) is 18.1. The zero-order valence-corrected chi connectivity index (χ0v) is 41.9. The Morgan fingerprint density at radius 1 is 0.712 bits per heavy atom. The first-order valence-corrected chi connectivity index (χ1v) is 24.9. The molecule has 0 saturated carbocycles. The number of terminal acetylenes is 1. The van der Waals surface area contributed by atoms with Crippen LogP contribution in [-0.2, 0) is 33.3 Å². The third-order valence-electron chi connectivity index (χ3n) is 12.1. The van der Waals surface area contributed by atoms with Crippen LogP contribution in [0.1, 0.15) is 94.3 Å². The molecule has 25 nitrogen and oxygen atoms in total. The van der Waals surface area contributed by atoms with Gasteiger partial charge in [0.1, 0.15) is 31.0 Å². The molecule has 3 aromatic rings. The zero-order valence-electron chi connectivity index (χ0n) is 41.9. The Balaban J connectivity index is 1.26. The highest BCUT2D eigenvalue weighted by Crippen LogP contribution is 2.26. The number of nitrogens with zero attached hydrogens (tertiary/aromatic N) is 13. The first kappa shape index (κ1) is 58.1. The fraction of sp³-hybridized carbons (Fsp3) is 0.733. The van der Waals surface area contributed by atoms with Crippen LogP contribution in [0.25, 0.3) is 0 Å². The van der Waals surface area contributed by atoms with Gasteiger partial charge in [-0.15, -0.1) is 16.6 Å². The first-order valence-electron chi connectivity index (χ1n) is 24.9. The first-order chi connectivity index (χ1) is 35.1. The third kappa shape index (κ3) is 18.3. The monoisotopic (exact) mass is 1030 g/mol. The number of ether oxygens (including phenoxy) is 4. The topological polar surface area (TPSA) is 317 Å². The molecule has 5 rings (SSSR count). The Labute approximate surface area is 423 Å². The lowest BCUT2D eigenvalue weighted by Gasteiger charge is -2.38. The number of nitrogens with one attached hydrogen (secondary N) is 1. The maximum Gasteiger partial charge on any atom is 0.490 e. The van der Waals surface area contributed by atoms with Crippen molar-refractivity contribution in [1.82, 2.24) is 54.7 Å². The van der Waals surface area contributed by atoms with Gasteiger partial charge in [0.15, 0.2) is 0 Å². The van der Waals surface area contributed by atoms with E-state index < -0.39 is 36.9 Å². The van der Waals surface area contributed by atoms with Gasteiger partial charge in [-0.1, -0.05) is 30.2 Å². The van der Waals surface area contributed by atoms with Gasteiger partial charge in [-0.25, -0.2) is 14.2 Å². The summed E-state index contributed by atoms with van der Waals surface area (Å²) in [5, 5.41) is 20.0. The summed E-state index contributed by atoms with van der Waals surface area (Å²) in [4.78, 5) is 61.7. The standard InChI is InChI=1S/C45H73F3N18O7/c1-4-22-70-24-26-72-27-25-71-23-13-53-42-54-43(63-18-14-61(15-19-63)39(67)37(9-5-7-11-49)65-29-35(57-59-65)33(51)28-32(2)3)56-44(55-42)64-20-16-62(17-21-64)40(68)38(10-6-8-12-50)66-30-36(58-60-66)34(52)31-73-41(69)45(46,47)48/h1,29-30,32-34,37-38H,5-28,31,49-52H2,2-3H3,(H,53,54,55,56)/t33?,34?,37-,38-/m0/s1. The number of halogens is 3. The number of carbonyl (C=O) groups excluding carboxylic acids is 3. The van der Waals surface area contributed by atoms with Gasteiger partial charge in [0.2, 0.25) is 29.7 Å². The van der Waals surface area contributed by atoms with Gasteiger partial charge in [-0.3, -0.25) is 9.59 Å². The number of hydrogen-bond acceptors (Lipinski definition) is 21. The van der Waals surface area contributed by atoms with E-state index in [1.807, 2.05) is 14.7 Å². The molecule has 2 unspecified atom stereocenters. The summed E-state index contributed by atoms with van der Waals surface area (Å²) in [6.07, 6.45) is 7.52. The van der Waals surface area contributed by atoms with Crippen LogP contribution in [0.15, 0.2) is 12.4 Å². The van der Waals surface area contributed by atoms with Crippen molar-refractivity contribution >= 4 is 35.6 Å². The lowest BCUT2D eigenvalue weighted by atomic mass is 10.0. The molecule has 2 saturated heterocycles.